The largest absolute Gasteiger partial charge is 0.457 e. The van der Waals surface area contributed by atoms with Gasteiger partial charge in [-0.2, -0.15) is 0 Å². The molecular weight excluding hydrogens is 532 g/mol. The summed E-state index contributed by atoms with van der Waals surface area (Å²) in [5, 5.41) is 9.56. The maximum absolute atomic E-state index is 12.1. The lowest BCUT2D eigenvalue weighted by molar-refractivity contribution is -0.154. The van der Waals surface area contributed by atoms with Gasteiger partial charge in [-0.05, 0) is 38.5 Å². The van der Waals surface area contributed by atoms with Gasteiger partial charge in [-0.1, -0.05) is 174 Å². The highest BCUT2D eigenvalue weighted by atomic mass is 16.6. The van der Waals surface area contributed by atoms with Crippen LogP contribution in [0.2, 0.25) is 0 Å². The number of ether oxygens (including phenoxy) is 2. The van der Waals surface area contributed by atoms with Gasteiger partial charge in [-0.15, -0.1) is 0 Å². The molecule has 0 aliphatic heterocycles. The number of allylic oxidation sites excluding steroid dienone is 2. The predicted molar refractivity (Wildman–Crippen MR) is 187 cm³/mol. The SMILES string of the molecule is CCCCCCCCC=CCCCCCCCC(=O)OC(CO)COCCCCCCCCCCCCCCCCCC. The molecule has 1 atom stereocenters. The summed E-state index contributed by atoms with van der Waals surface area (Å²) in [6.07, 6.45) is 42.5. The van der Waals surface area contributed by atoms with Crippen LogP contribution in [-0.4, -0.2) is 37.0 Å². The summed E-state index contributed by atoms with van der Waals surface area (Å²) in [5.41, 5.74) is 0. The third-order valence-electron chi connectivity index (χ3n) is 8.59. The topological polar surface area (TPSA) is 55.8 Å². The summed E-state index contributed by atoms with van der Waals surface area (Å²) < 4.78 is 11.1. The first-order chi connectivity index (χ1) is 21.2. The Hall–Kier alpha value is -0.870. The Morgan fingerprint density at radius 3 is 1.33 bits per heavy atom. The van der Waals surface area contributed by atoms with Crippen molar-refractivity contribution in [1.29, 1.82) is 0 Å². The molecule has 0 radical (unpaired) electrons. The molecule has 0 rings (SSSR count). The Morgan fingerprint density at radius 2 is 0.907 bits per heavy atom. The van der Waals surface area contributed by atoms with Crippen LogP contribution in [-0.2, 0) is 14.3 Å². The fourth-order valence-electron chi connectivity index (χ4n) is 5.68. The van der Waals surface area contributed by atoms with Gasteiger partial charge >= 0.3 is 5.97 Å². The molecule has 0 bridgehead atoms. The van der Waals surface area contributed by atoms with E-state index in [0.29, 0.717) is 19.6 Å². The predicted octanol–water partition coefficient (Wildman–Crippen LogP) is 12.2. The molecule has 0 aliphatic carbocycles. The van der Waals surface area contributed by atoms with E-state index >= 15 is 0 Å². The van der Waals surface area contributed by atoms with Gasteiger partial charge in [0.25, 0.3) is 0 Å². The number of aliphatic hydroxyl groups is 1. The number of carbonyl (C=O) groups is 1. The first-order valence-electron chi connectivity index (χ1n) is 19.3. The maximum Gasteiger partial charge on any atom is 0.306 e. The number of aliphatic hydroxyl groups excluding tert-OH is 1. The van der Waals surface area contributed by atoms with E-state index in [-0.39, 0.29) is 12.6 Å². The lowest BCUT2D eigenvalue weighted by Crippen LogP contribution is -2.27. The van der Waals surface area contributed by atoms with Crippen molar-refractivity contribution < 1.29 is 19.4 Å². The normalized spacial score (nSPS) is 12.3. The highest BCUT2D eigenvalue weighted by molar-refractivity contribution is 5.69. The lowest BCUT2D eigenvalue weighted by Gasteiger charge is -2.15. The van der Waals surface area contributed by atoms with Crippen molar-refractivity contribution in [1.82, 2.24) is 0 Å². The van der Waals surface area contributed by atoms with E-state index in [9.17, 15) is 9.90 Å². The van der Waals surface area contributed by atoms with Crippen molar-refractivity contribution in [3.63, 3.8) is 0 Å². The zero-order valence-corrected chi connectivity index (χ0v) is 29.2. The minimum absolute atomic E-state index is 0.170. The highest BCUT2D eigenvalue weighted by Crippen LogP contribution is 2.14. The van der Waals surface area contributed by atoms with Crippen LogP contribution in [0, 0.1) is 0 Å². The van der Waals surface area contributed by atoms with Crippen molar-refractivity contribution in [2.24, 2.45) is 0 Å². The van der Waals surface area contributed by atoms with Crippen LogP contribution in [0.1, 0.15) is 206 Å². The first-order valence-corrected chi connectivity index (χ1v) is 19.3. The van der Waals surface area contributed by atoms with E-state index in [4.69, 9.17) is 9.47 Å². The molecule has 1 unspecified atom stereocenters. The van der Waals surface area contributed by atoms with Crippen LogP contribution in [0.25, 0.3) is 0 Å². The van der Waals surface area contributed by atoms with E-state index in [1.807, 2.05) is 0 Å². The summed E-state index contributed by atoms with van der Waals surface area (Å²) in [4.78, 5) is 12.1. The van der Waals surface area contributed by atoms with Gasteiger partial charge in [-0.3, -0.25) is 4.79 Å². The molecular formula is C39H76O4. The summed E-state index contributed by atoms with van der Waals surface area (Å²) in [7, 11) is 0. The Kier molecular flexibility index (Phi) is 36.6. The van der Waals surface area contributed by atoms with Gasteiger partial charge in [0, 0.05) is 13.0 Å². The average Bonchev–Trinajstić information content (AvgIpc) is 3.01. The Morgan fingerprint density at radius 1 is 0.535 bits per heavy atom. The number of esters is 1. The molecule has 0 saturated heterocycles. The van der Waals surface area contributed by atoms with Crippen molar-refractivity contribution in [3.05, 3.63) is 12.2 Å². The summed E-state index contributed by atoms with van der Waals surface area (Å²) in [6, 6.07) is 0. The molecule has 0 aromatic carbocycles. The first kappa shape index (κ1) is 42.1. The van der Waals surface area contributed by atoms with Gasteiger partial charge in [0.05, 0.1) is 13.2 Å². The summed E-state index contributed by atoms with van der Waals surface area (Å²) in [6.45, 7) is 5.36. The van der Waals surface area contributed by atoms with E-state index < -0.39 is 6.10 Å². The van der Waals surface area contributed by atoms with E-state index in [1.54, 1.807) is 0 Å². The molecule has 0 heterocycles. The molecule has 0 amide bonds. The van der Waals surface area contributed by atoms with Crippen LogP contribution < -0.4 is 0 Å². The molecule has 0 spiro atoms. The zero-order valence-electron chi connectivity index (χ0n) is 29.2. The maximum atomic E-state index is 12.1. The Bertz CT molecular complexity index is 561. The summed E-state index contributed by atoms with van der Waals surface area (Å²) in [5.74, 6) is -0.206. The molecule has 256 valence electrons. The van der Waals surface area contributed by atoms with Crippen molar-refractivity contribution >= 4 is 5.97 Å². The third-order valence-corrected chi connectivity index (χ3v) is 8.59. The molecule has 0 aromatic heterocycles. The molecule has 0 fully saturated rings. The molecule has 1 N–H and O–H groups in total. The van der Waals surface area contributed by atoms with Crippen molar-refractivity contribution in [2.75, 3.05) is 19.8 Å². The van der Waals surface area contributed by atoms with Gasteiger partial charge in [0.15, 0.2) is 0 Å². The zero-order chi connectivity index (χ0) is 31.3. The Balaban J connectivity index is 3.41. The van der Waals surface area contributed by atoms with Crippen LogP contribution in [0.4, 0.5) is 0 Å². The fourth-order valence-corrected chi connectivity index (χ4v) is 5.68. The Labute approximate surface area is 269 Å². The van der Waals surface area contributed by atoms with Crippen LogP contribution in [0.5, 0.6) is 0 Å². The highest BCUT2D eigenvalue weighted by Gasteiger charge is 2.13. The number of hydrogen-bond donors (Lipinski definition) is 1. The van der Waals surface area contributed by atoms with E-state index in [1.165, 1.54) is 167 Å². The van der Waals surface area contributed by atoms with Crippen LogP contribution >= 0.6 is 0 Å². The van der Waals surface area contributed by atoms with Crippen LogP contribution in [0.15, 0.2) is 12.2 Å². The molecule has 43 heavy (non-hydrogen) atoms. The third kappa shape index (κ3) is 35.5. The molecule has 0 aromatic rings. The molecule has 0 saturated carbocycles. The molecule has 4 heteroatoms. The quantitative estimate of drug-likeness (QED) is 0.0437. The van der Waals surface area contributed by atoms with Crippen molar-refractivity contribution in [3.8, 4) is 0 Å². The fraction of sp³-hybridized carbons (Fsp3) is 0.923. The minimum Gasteiger partial charge on any atom is -0.457 e. The monoisotopic (exact) mass is 609 g/mol. The summed E-state index contributed by atoms with van der Waals surface area (Å²) >= 11 is 0. The number of unbranched alkanes of at least 4 members (excludes halogenated alkanes) is 26. The smallest absolute Gasteiger partial charge is 0.306 e. The minimum atomic E-state index is -0.531. The number of hydrogen-bond acceptors (Lipinski definition) is 4. The van der Waals surface area contributed by atoms with Crippen molar-refractivity contribution in [2.45, 2.75) is 213 Å². The van der Waals surface area contributed by atoms with E-state index in [0.717, 1.165) is 19.3 Å². The second-order valence-corrected chi connectivity index (χ2v) is 13.0. The van der Waals surface area contributed by atoms with Gasteiger partial charge in [0.2, 0.25) is 0 Å². The lowest BCUT2D eigenvalue weighted by atomic mass is 10.0. The molecule has 4 nitrogen and oxygen atoms in total. The second-order valence-electron chi connectivity index (χ2n) is 13.0. The number of rotatable bonds is 36. The van der Waals surface area contributed by atoms with Gasteiger partial charge in [-0.25, -0.2) is 0 Å². The molecule has 0 aliphatic rings. The van der Waals surface area contributed by atoms with Crippen LogP contribution in [0.3, 0.4) is 0 Å². The van der Waals surface area contributed by atoms with Gasteiger partial charge in [0.1, 0.15) is 6.10 Å². The van der Waals surface area contributed by atoms with Gasteiger partial charge < -0.3 is 14.6 Å². The number of carbonyl (C=O) groups excluding carboxylic acids is 1. The van der Waals surface area contributed by atoms with E-state index in [2.05, 4.69) is 26.0 Å². The standard InChI is InChI=1S/C39H76O4/c1-3-5-7-9-11-13-15-17-19-21-23-25-27-29-31-33-35-42-37-38(36-40)43-39(41)34-32-30-28-26-24-22-20-18-16-14-12-10-8-6-4-2/h18,20,38,40H,3-17,19,21-37H2,1-2H3. The average molecular weight is 609 g/mol. The second kappa shape index (κ2) is 37.3.